The highest BCUT2D eigenvalue weighted by Gasteiger charge is 2.37. The van der Waals surface area contributed by atoms with Gasteiger partial charge in [-0.1, -0.05) is 54.1 Å². The van der Waals surface area contributed by atoms with Crippen LogP contribution in [0.4, 0.5) is 10.5 Å². The summed E-state index contributed by atoms with van der Waals surface area (Å²) in [5.74, 6) is -0.622. The molecule has 45 heavy (non-hydrogen) atoms. The van der Waals surface area contributed by atoms with Crippen LogP contribution in [-0.2, 0) is 14.3 Å². The highest BCUT2D eigenvalue weighted by molar-refractivity contribution is 6.31. The minimum Gasteiger partial charge on any atom is -0.507 e. The summed E-state index contributed by atoms with van der Waals surface area (Å²) >= 11 is 6.15. The number of aromatic hydroxyl groups is 1. The number of amides is 3. The average Bonchev–Trinajstić information content (AvgIpc) is 3.50. The normalized spacial score (nSPS) is 15.6. The molecule has 4 N–H and O–H groups in total. The number of anilines is 1. The second-order valence-electron chi connectivity index (χ2n) is 11.9. The lowest BCUT2D eigenvalue weighted by atomic mass is 9.97. The number of rotatable bonds is 7. The van der Waals surface area contributed by atoms with E-state index < -0.39 is 23.8 Å². The molecule has 0 aliphatic carbocycles. The van der Waals surface area contributed by atoms with Gasteiger partial charge in [0, 0.05) is 28.4 Å². The molecule has 2 atom stereocenters. The number of nitrogens with zero attached hydrogens (tertiary/aromatic N) is 2. The van der Waals surface area contributed by atoms with Crippen molar-refractivity contribution in [3.63, 3.8) is 0 Å². The van der Waals surface area contributed by atoms with Crippen LogP contribution in [0.25, 0.3) is 22.4 Å². The van der Waals surface area contributed by atoms with E-state index in [1.54, 1.807) is 80.4 Å². The Labute approximate surface area is 266 Å². The summed E-state index contributed by atoms with van der Waals surface area (Å²) in [6.07, 6.45) is 2.96. The predicted molar refractivity (Wildman–Crippen MR) is 173 cm³/mol. The molecule has 11 heteroatoms. The second-order valence-corrected chi connectivity index (χ2v) is 12.4. The third-order valence-corrected chi connectivity index (χ3v) is 7.70. The third-order valence-electron chi connectivity index (χ3n) is 7.46. The molecule has 0 bridgehead atoms. The number of alkyl carbamates (subject to hydrolysis) is 1. The first-order valence-corrected chi connectivity index (χ1v) is 15.2. The fourth-order valence-corrected chi connectivity index (χ4v) is 5.54. The Morgan fingerprint density at radius 3 is 2.47 bits per heavy atom. The molecule has 0 unspecified atom stereocenters. The summed E-state index contributed by atoms with van der Waals surface area (Å²) in [6.45, 7) is 5.64. The first-order chi connectivity index (χ1) is 21.5. The Morgan fingerprint density at radius 2 is 1.76 bits per heavy atom. The van der Waals surface area contributed by atoms with Crippen molar-refractivity contribution in [2.45, 2.75) is 57.7 Å². The standard InChI is InChI=1S/C34H36ClN5O5/c1-34(2,3)45-33(44)38-29(22-9-5-4-6-10-22)32(43)40-18-8-7-11-27(40)31(42)37-24-15-12-21(13-16-24)26-20-36-39-30(26)25-19-23(35)14-17-28(25)41/h4-6,9-10,12-17,19-20,27,29,41H,7-8,11,18H2,1-3H3,(H,36,39)(H,37,42)(H,38,44)/t27-,29+/m0/s1. The number of benzene rings is 3. The van der Waals surface area contributed by atoms with Gasteiger partial charge in [0.05, 0.1) is 11.9 Å². The van der Waals surface area contributed by atoms with Crippen molar-refractivity contribution in [1.29, 1.82) is 0 Å². The molecule has 3 amide bonds. The Kier molecular flexibility index (Phi) is 9.43. The molecule has 0 radical (unpaired) electrons. The summed E-state index contributed by atoms with van der Waals surface area (Å²) in [6, 6.07) is 19.2. The molecule has 1 saturated heterocycles. The molecule has 1 aromatic heterocycles. The number of phenols is 1. The van der Waals surface area contributed by atoms with Crippen LogP contribution >= 0.6 is 11.6 Å². The number of carbonyl (C=O) groups excluding carboxylic acids is 3. The monoisotopic (exact) mass is 629 g/mol. The summed E-state index contributed by atoms with van der Waals surface area (Å²) in [5.41, 5.74) is 3.10. The lowest BCUT2D eigenvalue weighted by Gasteiger charge is -2.37. The Bertz CT molecular complexity index is 1670. The Morgan fingerprint density at radius 1 is 1.02 bits per heavy atom. The zero-order valence-corrected chi connectivity index (χ0v) is 26.1. The number of piperidine rings is 1. The van der Waals surface area contributed by atoms with E-state index in [9.17, 15) is 19.5 Å². The molecule has 1 aliphatic rings. The zero-order chi connectivity index (χ0) is 32.1. The van der Waals surface area contributed by atoms with Crippen molar-refractivity contribution in [2.75, 3.05) is 11.9 Å². The molecular weight excluding hydrogens is 594 g/mol. The minimum absolute atomic E-state index is 0.0659. The van der Waals surface area contributed by atoms with Crippen molar-refractivity contribution in [3.8, 4) is 28.1 Å². The molecule has 3 aromatic carbocycles. The predicted octanol–water partition coefficient (Wildman–Crippen LogP) is 6.69. The Hall–Kier alpha value is -4.83. The van der Waals surface area contributed by atoms with Gasteiger partial charge in [0.15, 0.2) is 0 Å². The van der Waals surface area contributed by atoms with Gasteiger partial charge in [0.1, 0.15) is 23.4 Å². The number of halogens is 1. The molecule has 10 nitrogen and oxygen atoms in total. The lowest BCUT2D eigenvalue weighted by molar-refractivity contribution is -0.142. The first-order valence-electron chi connectivity index (χ1n) is 14.8. The minimum atomic E-state index is -1.02. The van der Waals surface area contributed by atoms with Crippen LogP contribution in [0.5, 0.6) is 5.75 Å². The smallest absolute Gasteiger partial charge is 0.408 e. The quantitative estimate of drug-likeness (QED) is 0.180. The fourth-order valence-electron chi connectivity index (χ4n) is 5.37. The van der Waals surface area contributed by atoms with Crippen LogP contribution in [0.2, 0.25) is 5.02 Å². The largest absolute Gasteiger partial charge is 0.507 e. The maximum Gasteiger partial charge on any atom is 0.408 e. The van der Waals surface area contributed by atoms with Crippen LogP contribution < -0.4 is 10.6 Å². The van der Waals surface area contributed by atoms with E-state index in [-0.39, 0.29) is 17.6 Å². The summed E-state index contributed by atoms with van der Waals surface area (Å²) in [5, 5.41) is 23.6. The SMILES string of the molecule is CC(C)(C)OC(=O)N[C@@H](C(=O)N1CCCC[C@H]1C(=O)Nc1ccc(-c2cn[nH]c2-c2cc(Cl)ccc2O)cc1)c1ccccc1. The van der Waals surface area contributed by atoms with Gasteiger partial charge in [-0.3, -0.25) is 14.7 Å². The fraction of sp³-hybridized carbons (Fsp3) is 0.294. The van der Waals surface area contributed by atoms with Crippen LogP contribution in [0.15, 0.2) is 79.0 Å². The number of phenolic OH excluding ortho intramolecular Hbond substituents is 1. The van der Waals surface area contributed by atoms with Crippen molar-refractivity contribution in [1.82, 2.24) is 20.4 Å². The molecule has 1 aliphatic heterocycles. The number of likely N-dealkylation sites (tertiary alicyclic amines) is 1. The molecule has 5 rings (SSSR count). The number of nitrogens with one attached hydrogen (secondary N) is 3. The van der Waals surface area contributed by atoms with Gasteiger partial charge in [-0.25, -0.2) is 4.79 Å². The van der Waals surface area contributed by atoms with Crippen LogP contribution in [0.1, 0.15) is 51.6 Å². The van der Waals surface area contributed by atoms with Crippen LogP contribution in [-0.4, -0.2) is 56.3 Å². The summed E-state index contributed by atoms with van der Waals surface area (Å²) in [4.78, 5) is 41.9. The molecule has 4 aromatic rings. The molecule has 0 spiro atoms. The first kappa shape index (κ1) is 31.6. The van der Waals surface area contributed by atoms with E-state index in [1.165, 1.54) is 6.07 Å². The molecule has 2 heterocycles. The maximum absolute atomic E-state index is 14.0. The number of hydrogen-bond acceptors (Lipinski definition) is 6. The van der Waals surface area contributed by atoms with Crippen molar-refractivity contribution < 1.29 is 24.2 Å². The highest BCUT2D eigenvalue weighted by Crippen LogP contribution is 2.37. The number of ether oxygens (including phenoxy) is 1. The number of aromatic amines is 1. The van der Waals surface area contributed by atoms with Gasteiger partial charge in [-0.15, -0.1) is 0 Å². The van der Waals surface area contributed by atoms with E-state index >= 15 is 0 Å². The van der Waals surface area contributed by atoms with E-state index in [2.05, 4.69) is 20.8 Å². The van der Waals surface area contributed by atoms with Crippen molar-refractivity contribution >= 4 is 35.2 Å². The zero-order valence-electron chi connectivity index (χ0n) is 25.3. The van der Waals surface area contributed by atoms with Crippen molar-refractivity contribution in [2.24, 2.45) is 0 Å². The summed E-state index contributed by atoms with van der Waals surface area (Å²) < 4.78 is 5.44. The van der Waals surface area contributed by atoms with Gasteiger partial charge in [0.25, 0.3) is 5.91 Å². The highest BCUT2D eigenvalue weighted by atomic mass is 35.5. The van der Waals surface area contributed by atoms with Gasteiger partial charge < -0.3 is 25.4 Å². The topological polar surface area (TPSA) is 137 Å². The van der Waals surface area contributed by atoms with E-state index in [0.717, 1.165) is 24.0 Å². The number of hydrogen-bond donors (Lipinski definition) is 4. The number of carbonyl (C=O) groups is 3. The lowest BCUT2D eigenvalue weighted by Crippen LogP contribution is -2.53. The number of H-pyrrole nitrogens is 1. The van der Waals surface area contributed by atoms with E-state index in [4.69, 9.17) is 16.3 Å². The molecular formula is C34H36ClN5O5. The van der Waals surface area contributed by atoms with Gasteiger partial charge in [-0.05, 0) is 81.5 Å². The third kappa shape index (κ3) is 7.64. The van der Waals surface area contributed by atoms with Gasteiger partial charge in [0.2, 0.25) is 5.91 Å². The molecule has 234 valence electrons. The maximum atomic E-state index is 14.0. The van der Waals surface area contributed by atoms with Gasteiger partial charge >= 0.3 is 6.09 Å². The van der Waals surface area contributed by atoms with Gasteiger partial charge in [-0.2, -0.15) is 5.10 Å². The van der Waals surface area contributed by atoms with E-state index in [0.29, 0.717) is 40.5 Å². The summed E-state index contributed by atoms with van der Waals surface area (Å²) in [7, 11) is 0. The molecule has 0 saturated carbocycles. The van der Waals surface area contributed by atoms with E-state index in [1.807, 2.05) is 18.2 Å². The average molecular weight is 630 g/mol. The number of aromatic nitrogens is 2. The van der Waals surface area contributed by atoms with Crippen LogP contribution in [0.3, 0.4) is 0 Å². The van der Waals surface area contributed by atoms with Crippen molar-refractivity contribution in [3.05, 3.63) is 89.6 Å². The molecule has 1 fully saturated rings. The van der Waals surface area contributed by atoms with Crippen LogP contribution in [0, 0.1) is 0 Å². The Balaban J connectivity index is 1.33. The second kappa shape index (κ2) is 13.4.